The minimum Gasteiger partial charge on any atom is -0.325 e. The fourth-order valence-electron chi connectivity index (χ4n) is 2.23. The lowest BCUT2D eigenvalue weighted by atomic mass is 9.87. The molecule has 1 aromatic carbocycles. The molecule has 1 aromatic heterocycles. The van der Waals surface area contributed by atoms with E-state index in [0.29, 0.717) is 18.0 Å². The molecule has 0 aliphatic rings. The molecule has 7 heteroatoms. The van der Waals surface area contributed by atoms with Crippen molar-refractivity contribution < 1.29 is 18.0 Å². The Morgan fingerprint density at radius 1 is 1.00 bits per heavy atom. The van der Waals surface area contributed by atoms with Crippen LogP contribution in [0.4, 0.5) is 18.9 Å². The predicted octanol–water partition coefficient (Wildman–Crippen LogP) is 3.80. The third kappa shape index (κ3) is 4.95. The summed E-state index contributed by atoms with van der Waals surface area (Å²) < 4.78 is 38.8. The molecule has 0 saturated carbocycles. The molecule has 2 rings (SSSR count). The van der Waals surface area contributed by atoms with Gasteiger partial charge in [-0.15, -0.1) is 0 Å². The van der Waals surface area contributed by atoms with E-state index in [1.54, 1.807) is 12.1 Å². The van der Waals surface area contributed by atoms with Gasteiger partial charge in [0, 0.05) is 18.0 Å². The second-order valence-electron chi connectivity index (χ2n) is 6.76. The number of rotatable bonds is 3. The molecule has 0 fully saturated rings. The number of hydrogen-bond acceptors (Lipinski definition) is 2. The van der Waals surface area contributed by atoms with Crippen LogP contribution in [0.25, 0.3) is 0 Å². The van der Waals surface area contributed by atoms with Gasteiger partial charge in [0.2, 0.25) is 5.91 Å². The van der Waals surface area contributed by atoms with Crippen molar-refractivity contribution in [2.45, 2.75) is 38.9 Å². The van der Waals surface area contributed by atoms with Gasteiger partial charge in [0.25, 0.3) is 5.56 Å². The number of hydrogen-bond donors (Lipinski definition) is 1. The zero-order valence-electron chi connectivity index (χ0n) is 14.1. The monoisotopic (exact) mass is 352 g/mol. The Hall–Kier alpha value is -2.57. The largest absolute Gasteiger partial charge is 0.417 e. The summed E-state index contributed by atoms with van der Waals surface area (Å²) in [6, 6.07) is 8.66. The number of aromatic nitrogens is 1. The molecule has 0 unspecified atom stereocenters. The SMILES string of the molecule is CC(C)(C)c1ccc(NC(=O)Cn2cc(C(F)(F)F)ccc2=O)cc1. The van der Waals surface area contributed by atoms with E-state index >= 15 is 0 Å². The summed E-state index contributed by atoms with van der Waals surface area (Å²) in [5, 5.41) is 2.57. The fourth-order valence-corrected chi connectivity index (χ4v) is 2.23. The van der Waals surface area contributed by atoms with Crippen LogP contribution in [-0.2, 0) is 22.9 Å². The average Bonchev–Trinajstić information content (AvgIpc) is 2.48. The molecular weight excluding hydrogens is 333 g/mol. The van der Waals surface area contributed by atoms with Crippen LogP contribution in [0.15, 0.2) is 47.4 Å². The fraction of sp³-hybridized carbons (Fsp3) is 0.333. The van der Waals surface area contributed by atoms with Crippen molar-refractivity contribution in [3.63, 3.8) is 0 Å². The van der Waals surface area contributed by atoms with Gasteiger partial charge in [-0.2, -0.15) is 13.2 Å². The smallest absolute Gasteiger partial charge is 0.325 e. The predicted molar refractivity (Wildman–Crippen MR) is 89.5 cm³/mol. The second kappa shape index (κ2) is 6.74. The summed E-state index contributed by atoms with van der Waals surface area (Å²) in [7, 11) is 0. The van der Waals surface area contributed by atoms with Gasteiger partial charge >= 0.3 is 6.18 Å². The van der Waals surface area contributed by atoms with E-state index in [1.807, 2.05) is 12.1 Å². The van der Waals surface area contributed by atoms with E-state index in [9.17, 15) is 22.8 Å². The topological polar surface area (TPSA) is 51.1 Å². The Labute approximate surface area is 143 Å². The molecule has 134 valence electrons. The number of amides is 1. The van der Waals surface area contributed by atoms with E-state index in [0.717, 1.165) is 16.2 Å². The van der Waals surface area contributed by atoms with Crippen molar-refractivity contribution in [2.24, 2.45) is 0 Å². The van der Waals surface area contributed by atoms with Crippen LogP contribution in [0.5, 0.6) is 0 Å². The highest BCUT2D eigenvalue weighted by molar-refractivity contribution is 5.90. The van der Waals surface area contributed by atoms with Gasteiger partial charge in [-0.05, 0) is 29.2 Å². The maximum absolute atomic E-state index is 12.7. The number of carbonyl (C=O) groups excluding carboxylic acids is 1. The van der Waals surface area contributed by atoms with Crippen LogP contribution in [0.3, 0.4) is 0 Å². The van der Waals surface area contributed by atoms with Crippen LogP contribution in [0.1, 0.15) is 31.9 Å². The Morgan fingerprint density at radius 2 is 1.56 bits per heavy atom. The quantitative estimate of drug-likeness (QED) is 0.913. The number of anilines is 1. The van der Waals surface area contributed by atoms with Gasteiger partial charge in [0.15, 0.2) is 0 Å². The van der Waals surface area contributed by atoms with Crippen LogP contribution >= 0.6 is 0 Å². The molecule has 0 aliphatic heterocycles. The van der Waals surface area contributed by atoms with Crippen molar-refractivity contribution >= 4 is 11.6 Å². The molecule has 0 saturated heterocycles. The van der Waals surface area contributed by atoms with E-state index in [-0.39, 0.29) is 5.41 Å². The number of alkyl halides is 3. The average molecular weight is 352 g/mol. The van der Waals surface area contributed by atoms with Crippen molar-refractivity contribution in [1.29, 1.82) is 0 Å². The summed E-state index contributed by atoms with van der Waals surface area (Å²) in [5.74, 6) is -0.579. The summed E-state index contributed by atoms with van der Waals surface area (Å²) in [4.78, 5) is 23.7. The molecule has 0 atom stereocenters. The van der Waals surface area contributed by atoms with Gasteiger partial charge in [0.05, 0.1) is 5.56 Å². The van der Waals surface area contributed by atoms with E-state index in [4.69, 9.17) is 0 Å². The molecule has 0 radical (unpaired) electrons. The van der Waals surface area contributed by atoms with Gasteiger partial charge in [-0.25, -0.2) is 0 Å². The first-order chi connectivity index (χ1) is 11.5. The van der Waals surface area contributed by atoms with Crippen molar-refractivity contribution in [2.75, 3.05) is 5.32 Å². The first-order valence-electron chi connectivity index (χ1n) is 7.65. The minimum atomic E-state index is -4.57. The zero-order chi connectivity index (χ0) is 18.8. The lowest BCUT2D eigenvalue weighted by Crippen LogP contribution is -2.28. The number of carbonyl (C=O) groups is 1. The number of pyridine rings is 1. The molecule has 1 amide bonds. The molecule has 25 heavy (non-hydrogen) atoms. The van der Waals surface area contributed by atoms with Crippen molar-refractivity contribution in [3.05, 3.63) is 64.1 Å². The number of halogens is 3. The van der Waals surface area contributed by atoms with Crippen molar-refractivity contribution in [1.82, 2.24) is 4.57 Å². The zero-order valence-corrected chi connectivity index (χ0v) is 14.1. The van der Waals surface area contributed by atoms with Crippen LogP contribution in [-0.4, -0.2) is 10.5 Å². The molecule has 1 heterocycles. The maximum Gasteiger partial charge on any atom is 0.417 e. The molecule has 0 aliphatic carbocycles. The standard InChI is InChI=1S/C18H19F3N2O2/c1-17(2,3)12-4-7-14(8-5-12)22-15(24)11-23-10-13(18(19,20)21)6-9-16(23)25/h4-10H,11H2,1-3H3,(H,22,24). The van der Waals surface area contributed by atoms with Crippen LogP contribution < -0.4 is 10.9 Å². The van der Waals surface area contributed by atoms with Crippen LogP contribution in [0, 0.1) is 0 Å². The van der Waals surface area contributed by atoms with Crippen molar-refractivity contribution in [3.8, 4) is 0 Å². The van der Waals surface area contributed by atoms with E-state index in [1.165, 1.54) is 0 Å². The molecule has 0 spiro atoms. The minimum absolute atomic E-state index is 0.0338. The van der Waals surface area contributed by atoms with Gasteiger partial charge in [0.1, 0.15) is 6.54 Å². The summed E-state index contributed by atoms with van der Waals surface area (Å²) in [5.41, 5.74) is -0.0910. The van der Waals surface area contributed by atoms with Gasteiger partial charge in [-0.1, -0.05) is 32.9 Å². The Morgan fingerprint density at radius 3 is 2.08 bits per heavy atom. The van der Waals surface area contributed by atoms with E-state index in [2.05, 4.69) is 26.1 Å². The Balaban J connectivity index is 2.12. The van der Waals surface area contributed by atoms with Crippen LogP contribution in [0.2, 0.25) is 0 Å². The summed E-state index contributed by atoms with van der Waals surface area (Å²) >= 11 is 0. The Kier molecular flexibility index (Phi) is 5.06. The third-order valence-corrected chi connectivity index (χ3v) is 3.66. The lowest BCUT2D eigenvalue weighted by Gasteiger charge is -2.19. The molecule has 0 bridgehead atoms. The number of nitrogens with one attached hydrogen (secondary N) is 1. The molecule has 2 aromatic rings. The first-order valence-corrected chi connectivity index (χ1v) is 7.65. The molecule has 4 nitrogen and oxygen atoms in total. The normalized spacial score (nSPS) is 12.1. The summed E-state index contributed by atoms with van der Waals surface area (Å²) in [6.07, 6.45) is -3.93. The number of benzene rings is 1. The molecular formula is C18H19F3N2O2. The molecule has 1 N–H and O–H groups in total. The van der Waals surface area contributed by atoms with Gasteiger partial charge in [-0.3, -0.25) is 9.59 Å². The highest BCUT2D eigenvalue weighted by atomic mass is 19.4. The Bertz CT molecular complexity index is 816. The maximum atomic E-state index is 12.7. The van der Waals surface area contributed by atoms with Gasteiger partial charge < -0.3 is 9.88 Å². The highest BCUT2D eigenvalue weighted by Gasteiger charge is 2.31. The third-order valence-electron chi connectivity index (χ3n) is 3.66. The number of nitrogens with zero attached hydrogens (tertiary/aromatic N) is 1. The first kappa shape index (κ1) is 18.8. The second-order valence-corrected chi connectivity index (χ2v) is 6.76. The lowest BCUT2D eigenvalue weighted by molar-refractivity contribution is -0.138. The van der Waals surface area contributed by atoms with E-state index < -0.39 is 29.8 Å². The highest BCUT2D eigenvalue weighted by Crippen LogP contribution is 2.28. The summed E-state index contributed by atoms with van der Waals surface area (Å²) in [6.45, 7) is 5.67.